The number of ether oxygens (including phenoxy) is 1. The monoisotopic (exact) mass is 240 g/mol. The van der Waals surface area contributed by atoms with Gasteiger partial charge in [-0.05, 0) is 30.0 Å². The normalized spacial score (nSPS) is 14.4. The molecule has 0 amide bonds. The minimum Gasteiger partial charge on any atom is -0.494 e. The predicted octanol–water partition coefficient (Wildman–Crippen LogP) is 3.69. The Morgan fingerprint density at radius 2 is 2.12 bits per heavy atom. The second kappa shape index (κ2) is 6.60. The lowest BCUT2D eigenvalue weighted by Gasteiger charge is -2.16. The van der Waals surface area contributed by atoms with Crippen molar-refractivity contribution in [3.05, 3.63) is 29.6 Å². The average Bonchev–Trinajstić information content (AvgIpc) is 2.29. The molecule has 0 aliphatic rings. The van der Waals surface area contributed by atoms with E-state index in [1.54, 1.807) is 12.1 Å². The maximum absolute atomic E-state index is 13.2. The van der Waals surface area contributed by atoms with E-state index in [1.807, 2.05) is 0 Å². The molecule has 0 saturated carbocycles. The first kappa shape index (κ1) is 14.0. The molecule has 0 aliphatic heterocycles. The summed E-state index contributed by atoms with van der Waals surface area (Å²) in [5, 5.41) is 10.1. The van der Waals surface area contributed by atoms with E-state index in [9.17, 15) is 9.50 Å². The van der Waals surface area contributed by atoms with E-state index in [4.69, 9.17) is 4.74 Å². The van der Waals surface area contributed by atoms with E-state index < -0.39 is 11.9 Å². The summed E-state index contributed by atoms with van der Waals surface area (Å²) in [6.07, 6.45) is 2.35. The number of hydrogen-bond donors (Lipinski definition) is 1. The highest BCUT2D eigenvalue weighted by atomic mass is 19.1. The van der Waals surface area contributed by atoms with Gasteiger partial charge in [-0.1, -0.05) is 32.8 Å². The number of halogens is 1. The number of aliphatic hydroxyl groups excluding tert-OH is 1. The Kier molecular flexibility index (Phi) is 5.42. The van der Waals surface area contributed by atoms with Gasteiger partial charge in [-0.15, -0.1) is 0 Å². The summed E-state index contributed by atoms with van der Waals surface area (Å²) in [5.41, 5.74) is 0.714. The molecule has 0 saturated heterocycles. The lowest BCUT2D eigenvalue weighted by atomic mass is 9.95. The highest BCUT2D eigenvalue weighted by Gasteiger charge is 2.14. The SMILES string of the molecule is CCCC(C)CC(O)c1ccc(F)c(OC)c1. The molecule has 0 spiro atoms. The van der Waals surface area contributed by atoms with Gasteiger partial charge >= 0.3 is 0 Å². The zero-order chi connectivity index (χ0) is 12.8. The molecule has 0 aromatic heterocycles. The summed E-state index contributed by atoms with van der Waals surface area (Å²) in [7, 11) is 1.42. The Balaban J connectivity index is 2.71. The molecule has 1 aromatic carbocycles. The van der Waals surface area contributed by atoms with Crippen molar-refractivity contribution in [1.82, 2.24) is 0 Å². The van der Waals surface area contributed by atoms with Crippen LogP contribution in [0, 0.1) is 11.7 Å². The predicted molar refractivity (Wildman–Crippen MR) is 66.6 cm³/mol. The molecule has 0 bridgehead atoms. The van der Waals surface area contributed by atoms with Crippen molar-refractivity contribution in [2.45, 2.75) is 39.2 Å². The Hall–Kier alpha value is -1.09. The van der Waals surface area contributed by atoms with Crippen molar-refractivity contribution in [3.8, 4) is 5.75 Å². The standard InChI is InChI=1S/C14H21FO2/c1-4-5-10(2)8-13(16)11-6-7-12(15)14(9-11)17-3/h6-7,9-10,13,16H,4-5,8H2,1-3H3. The third-order valence-electron chi connectivity index (χ3n) is 2.97. The van der Waals surface area contributed by atoms with Crippen molar-refractivity contribution < 1.29 is 14.2 Å². The fourth-order valence-electron chi connectivity index (χ4n) is 2.01. The van der Waals surface area contributed by atoms with E-state index in [2.05, 4.69) is 13.8 Å². The van der Waals surface area contributed by atoms with Crippen molar-refractivity contribution in [1.29, 1.82) is 0 Å². The van der Waals surface area contributed by atoms with Crippen LogP contribution in [-0.4, -0.2) is 12.2 Å². The van der Waals surface area contributed by atoms with E-state index in [0.717, 1.165) is 12.8 Å². The Bertz CT molecular complexity index is 352. The molecule has 3 heteroatoms. The van der Waals surface area contributed by atoms with Gasteiger partial charge in [0.2, 0.25) is 0 Å². The van der Waals surface area contributed by atoms with Gasteiger partial charge in [0.25, 0.3) is 0 Å². The van der Waals surface area contributed by atoms with Crippen LogP contribution in [0.25, 0.3) is 0 Å². The largest absolute Gasteiger partial charge is 0.494 e. The molecule has 0 aliphatic carbocycles. The van der Waals surface area contributed by atoms with Gasteiger partial charge in [-0.2, -0.15) is 0 Å². The minimum atomic E-state index is -0.550. The fraction of sp³-hybridized carbons (Fsp3) is 0.571. The molecule has 2 nitrogen and oxygen atoms in total. The topological polar surface area (TPSA) is 29.5 Å². The van der Waals surface area contributed by atoms with Gasteiger partial charge in [0, 0.05) is 0 Å². The van der Waals surface area contributed by atoms with E-state index in [-0.39, 0.29) is 5.75 Å². The average molecular weight is 240 g/mol. The maximum Gasteiger partial charge on any atom is 0.165 e. The lowest BCUT2D eigenvalue weighted by molar-refractivity contribution is 0.144. The first-order valence-electron chi connectivity index (χ1n) is 6.10. The highest BCUT2D eigenvalue weighted by molar-refractivity contribution is 5.31. The molecule has 17 heavy (non-hydrogen) atoms. The van der Waals surface area contributed by atoms with Crippen LogP contribution >= 0.6 is 0 Å². The fourth-order valence-corrected chi connectivity index (χ4v) is 2.01. The van der Waals surface area contributed by atoms with Crippen LogP contribution in [0.2, 0.25) is 0 Å². The van der Waals surface area contributed by atoms with Crippen LogP contribution in [0.3, 0.4) is 0 Å². The summed E-state index contributed by atoms with van der Waals surface area (Å²) in [6, 6.07) is 4.52. The smallest absolute Gasteiger partial charge is 0.165 e. The lowest BCUT2D eigenvalue weighted by Crippen LogP contribution is -2.05. The first-order chi connectivity index (χ1) is 8.08. The van der Waals surface area contributed by atoms with Gasteiger partial charge in [0.1, 0.15) is 0 Å². The van der Waals surface area contributed by atoms with Gasteiger partial charge in [0.05, 0.1) is 13.2 Å². The Labute approximate surface area is 102 Å². The molecule has 0 radical (unpaired) electrons. The number of aliphatic hydroxyl groups is 1. The van der Waals surface area contributed by atoms with E-state index >= 15 is 0 Å². The van der Waals surface area contributed by atoms with Crippen LogP contribution in [0.1, 0.15) is 44.8 Å². The first-order valence-corrected chi connectivity index (χ1v) is 6.10. The van der Waals surface area contributed by atoms with Crippen molar-refractivity contribution in [2.75, 3.05) is 7.11 Å². The van der Waals surface area contributed by atoms with Gasteiger partial charge in [-0.3, -0.25) is 0 Å². The molecule has 2 atom stereocenters. The summed E-state index contributed by atoms with van der Waals surface area (Å²) < 4.78 is 18.1. The molecule has 1 N–H and O–H groups in total. The van der Waals surface area contributed by atoms with Crippen LogP contribution in [0.15, 0.2) is 18.2 Å². The summed E-state index contributed by atoms with van der Waals surface area (Å²) in [6.45, 7) is 4.25. The van der Waals surface area contributed by atoms with Crippen molar-refractivity contribution in [2.24, 2.45) is 5.92 Å². The van der Waals surface area contributed by atoms with E-state index in [0.29, 0.717) is 17.9 Å². The molecule has 2 unspecified atom stereocenters. The molecular weight excluding hydrogens is 219 g/mol. The molecule has 96 valence electrons. The van der Waals surface area contributed by atoms with Gasteiger partial charge < -0.3 is 9.84 Å². The zero-order valence-electron chi connectivity index (χ0n) is 10.7. The Morgan fingerprint density at radius 1 is 1.41 bits per heavy atom. The minimum absolute atomic E-state index is 0.185. The number of hydrogen-bond acceptors (Lipinski definition) is 2. The van der Waals surface area contributed by atoms with Gasteiger partial charge in [-0.25, -0.2) is 4.39 Å². The third kappa shape index (κ3) is 4.00. The number of rotatable bonds is 6. The van der Waals surface area contributed by atoms with Crippen molar-refractivity contribution in [3.63, 3.8) is 0 Å². The maximum atomic E-state index is 13.2. The number of methoxy groups -OCH3 is 1. The zero-order valence-corrected chi connectivity index (χ0v) is 10.7. The van der Waals surface area contributed by atoms with E-state index in [1.165, 1.54) is 13.2 Å². The van der Waals surface area contributed by atoms with Crippen molar-refractivity contribution >= 4 is 0 Å². The molecular formula is C14H21FO2. The second-order valence-corrected chi connectivity index (χ2v) is 4.54. The summed E-state index contributed by atoms with van der Waals surface area (Å²) in [4.78, 5) is 0. The highest BCUT2D eigenvalue weighted by Crippen LogP contribution is 2.27. The summed E-state index contributed by atoms with van der Waals surface area (Å²) >= 11 is 0. The molecule has 0 fully saturated rings. The van der Waals surface area contributed by atoms with Crippen LogP contribution in [-0.2, 0) is 0 Å². The number of benzene rings is 1. The third-order valence-corrected chi connectivity index (χ3v) is 2.97. The quantitative estimate of drug-likeness (QED) is 0.821. The summed E-state index contributed by atoms with van der Waals surface area (Å²) in [5.74, 6) is 0.251. The van der Waals surface area contributed by atoms with Crippen LogP contribution < -0.4 is 4.74 Å². The molecule has 1 rings (SSSR count). The van der Waals surface area contributed by atoms with Crippen LogP contribution in [0.4, 0.5) is 4.39 Å². The molecule has 1 aromatic rings. The van der Waals surface area contributed by atoms with Crippen LogP contribution in [0.5, 0.6) is 5.75 Å². The second-order valence-electron chi connectivity index (χ2n) is 4.54. The Morgan fingerprint density at radius 3 is 2.71 bits per heavy atom. The molecule has 0 heterocycles. The van der Waals surface area contributed by atoms with Gasteiger partial charge in [0.15, 0.2) is 11.6 Å².